The number of furan rings is 1. The number of benzene rings is 1. The summed E-state index contributed by atoms with van der Waals surface area (Å²) in [7, 11) is 0. The summed E-state index contributed by atoms with van der Waals surface area (Å²) in [6.45, 7) is 5.46. The summed E-state index contributed by atoms with van der Waals surface area (Å²) in [6.07, 6.45) is 7.76. The number of aryl methyl sites for hydroxylation is 3. The summed E-state index contributed by atoms with van der Waals surface area (Å²) in [6, 6.07) is 7.64. The summed E-state index contributed by atoms with van der Waals surface area (Å²) >= 11 is 1.54. The first kappa shape index (κ1) is 17.5. The molecule has 0 unspecified atom stereocenters. The maximum Gasteiger partial charge on any atom is 0.295 e. The van der Waals surface area contributed by atoms with Crippen LogP contribution in [-0.4, -0.2) is 27.0 Å². The average molecular weight is 380 g/mol. The summed E-state index contributed by atoms with van der Waals surface area (Å²) < 4.78 is 8.43. The van der Waals surface area contributed by atoms with Crippen molar-refractivity contribution in [2.75, 3.05) is 11.4 Å². The van der Waals surface area contributed by atoms with Crippen LogP contribution in [0.4, 0.5) is 5.13 Å². The maximum absolute atomic E-state index is 13.0. The largest absolute Gasteiger partial charge is 0.459 e. The van der Waals surface area contributed by atoms with Crippen molar-refractivity contribution in [1.82, 2.24) is 14.5 Å². The molecule has 0 aliphatic heterocycles. The molecule has 0 aliphatic rings. The van der Waals surface area contributed by atoms with E-state index in [1.807, 2.05) is 10.8 Å². The number of anilines is 1. The van der Waals surface area contributed by atoms with E-state index < -0.39 is 0 Å². The highest BCUT2D eigenvalue weighted by atomic mass is 32.1. The number of nitrogens with zero attached hydrogens (tertiary/aromatic N) is 4. The van der Waals surface area contributed by atoms with Crippen molar-refractivity contribution >= 4 is 32.6 Å². The summed E-state index contributed by atoms with van der Waals surface area (Å²) in [5, 5.41) is 0.700. The van der Waals surface area contributed by atoms with Gasteiger partial charge in [-0.05, 0) is 49.6 Å². The van der Waals surface area contributed by atoms with Gasteiger partial charge in [-0.3, -0.25) is 9.69 Å². The van der Waals surface area contributed by atoms with Gasteiger partial charge in [0.15, 0.2) is 10.9 Å². The van der Waals surface area contributed by atoms with Crippen LogP contribution in [0.2, 0.25) is 0 Å². The zero-order valence-corrected chi connectivity index (χ0v) is 16.1. The molecule has 0 fully saturated rings. The van der Waals surface area contributed by atoms with Crippen molar-refractivity contribution in [2.24, 2.45) is 0 Å². The summed E-state index contributed by atoms with van der Waals surface area (Å²) in [5.41, 5.74) is 3.27. The van der Waals surface area contributed by atoms with Crippen molar-refractivity contribution < 1.29 is 9.21 Å². The van der Waals surface area contributed by atoms with Gasteiger partial charge in [-0.1, -0.05) is 17.4 Å². The van der Waals surface area contributed by atoms with Crippen LogP contribution in [-0.2, 0) is 6.54 Å². The molecule has 1 aromatic carbocycles. The van der Waals surface area contributed by atoms with Crippen LogP contribution in [0.25, 0.3) is 10.2 Å². The van der Waals surface area contributed by atoms with E-state index in [0.717, 1.165) is 28.7 Å². The van der Waals surface area contributed by atoms with Crippen LogP contribution in [0.1, 0.15) is 28.1 Å². The summed E-state index contributed by atoms with van der Waals surface area (Å²) in [5.74, 6) is 0.156. The predicted octanol–water partition coefficient (Wildman–Crippen LogP) is 4.44. The third kappa shape index (κ3) is 3.64. The van der Waals surface area contributed by atoms with Crippen molar-refractivity contribution in [1.29, 1.82) is 0 Å². The van der Waals surface area contributed by atoms with Crippen LogP contribution < -0.4 is 4.90 Å². The second-order valence-electron chi connectivity index (χ2n) is 6.51. The van der Waals surface area contributed by atoms with E-state index >= 15 is 0 Å². The zero-order valence-electron chi connectivity index (χ0n) is 15.3. The highest BCUT2D eigenvalue weighted by Crippen LogP contribution is 2.32. The fourth-order valence-corrected chi connectivity index (χ4v) is 4.29. The molecule has 138 valence electrons. The average Bonchev–Trinajstić information content (AvgIpc) is 3.38. The van der Waals surface area contributed by atoms with Crippen LogP contribution in [0.3, 0.4) is 0 Å². The van der Waals surface area contributed by atoms with Gasteiger partial charge in [0.25, 0.3) is 5.91 Å². The van der Waals surface area contributed by atoms with Gasteiger partial charge in [-0.2, -0.15) is 0 Å². The van der Waals surface area contributed by atoms with Crippen LogP contribution in [0, 0.1) is 13.8 Å². The molecule has 0 N–H and O–H groups in total. The lowest BCUT2D eigenvalue weighted by Gasteiger charge is -2.18. The van der Waals surface area contributed by atoms with Gasteiger partial charge in [0.2, 0.25) is 0 Å². The van der Waals surface area contributed by atoms with E-state index in [2.05, 4.69) is 31.0 Å². The number of thiazole rings is 1. The Bertz CT molecular complexity index is 1050. The first-order valence-corrected chi connectivity index (χ1v) is 9.62. The van der Waals surface area contributed by atoms with E-state index in [4.69, 9.17) is 9.40 Å². The van der Waals surface area contributed by atoms with Gasteiger partial charge >= 0.3 is 0 Å². The molecule has 6 nitrogen and oxygen atoms in total. The minimum Gasteiger partial charge on any atom is -0.459 e. The van der Waals surface area contributed by atoms with Gasteiger partial charge in [0.1, 0.15) is 0 Å². The smallest absolute Gasteiger partial charge is 0.295 e. The number of amides is 1. The second kappa shape index (κ2) is 7.36. The van der Waals surface area contributed by atoms with Crippen LogP contribution in [0.15, 0.2) is 53.7 Å². The minimum atomic E-state index is -0.168. The van der Waals surface area contributed by atoms with Crippen molar-refractivity contribution in [3.8, 4) is 0 Å². The molecule has 1 amide bonds. The van der Waals surface area contributed by atoms with Crippen LogP contribution >= 0.6 is 11.3 Å². The predicted molar refractivity (Wildman–Crippen MR) is 106 cm³/mol. The number of fused-ring (bicyclic) bond motifs is 1. The molecular weight excluding hydrogens is 360 g/mol. The third-order valence-electron chi connectivity index (χ3n) is 4.38. The molecule has 0 saturated carbocycles. The summed E-state index contributed by atoms with van der Waals surface area (Å²) in [4.78, 5) is 23.5. The van der Waals surface area contributed by atoms with Gasteiger partial charge in [-0.15, -0.1) is 0 Å². The molecule has 0 radical (unpaired) electrons. The Kier molecular flexibility index (Phi) is 4.77. The highest BCUT2D eigenvalue weighted by molar-refractivity contribution is 7.22. The number of aromatic nitrogens is 3. The van der Waals surface area contributed by atoms with E-state index in [9.17, 15) is 4.79 Å². The minimum absolute atomic E-state index is 0.168. The molecule has 4 aromatic rings. The third-order valence-corrected chi connectivity index (χ3v) is 5.41. The Labute approximate surface area is 161 Å². The van der Waals surface area contributed by atoms with Crippen molar-refractivity contribution in [3.05, 3.63) is 66.1 Å². The van der Waals surface area contributed by atoms with Crippen LogP contribution in [0.5, 0.6) is 0 Å². The molecule has 0 spiro atoms. The molecule has 0 atom stereocenters. The molecule has 27 heavy (non-hydrogen) atoms. The maximum atomic E-state index is 13.0. The number of hydrogen-bond acceptors (Lipinski definition) is 5. The Balaban J connectivity index is 1.64. The molecule has 7 heteroatoms. The Morgan fingerprint density at radius 1 is 1.33 bits per heavy atom. The Morgan fingerprint density at radius 2 is 2.22 bits per heavy atom. The van der Waals surface area contributed by atoms with E-state index in [0.29, 0.717) is 17.4 Å². The lowest BCUT2D eigenvalue weighted by Crippen LogP contribution is -2.32. The Morgan fingerprint density at radius 3 is 2.96 bits per heavy atom. The first-order chi connectivity index (χ1) is 13.1. The van der Waals surface area contributed by atoms with Gasteiger partial charge in [0.05, 0.1) is 22.8 Å². The number of carbonyl (C=O) groups excluding carboxylic acids is 1. The second-order valence-corrected chi connectivity index (χ2v) is 7.52. The van der Waals surface area contributed by atoms with Crippen molar-refractivity contribution in [3.63, 3.8) is 0 Å². The van der Waals surface area contributed by atoms with E-state index in [1.165, 1.54) is 11.8 Å². The standard InChI is InChI=1S/C20H20N4O2S/c1-14-11-15(2)18-17(12-14)27-20(22-18)24(19(25)16-5-3-10-26-16)8-4-7-23-9-6-21-13-23/h3,5-6,9-13H,4,7-8H2,1-2H3. The van der Waals surface area contributed by atoms with E-state index in [1.54, 1.807) is 40.9 Å². The molecular formula is C20H20N4O2S. The highest BCUT2D eigenvalue weighted by Gasteiger charge is 2.23. The number of hydrogen-bond donors (Lipinski definition) is 0. The number of imidazole rings is 1. The van der Waals surface area contributed by atoms with Gasteiger partial charge in [-0.25, -0.2) is 9.97 Å². The Hall–Kier alpha value is -2.93. The first-order valence-electron chi connectivity index (χ1n) is 8.81. The zero-order chi connectivity index (χ0) is 18.8. The molecule has 0 bridgehead atoms. The fraction of sp³-hybridized carbons (Fsp3) is 0.250. The quantitative estimate of drug-likeness (QED) is 0.496. The molecule has 0 aliphatic carbocycles. The van der Waals surface area contributed by atoms with Gasteiger partial charge in [0, 0.05) is 25.5 Å². The monoisotopic (exact) mass is 380 g/mol. The normalized spacial score (nSPS) is 11.2. The van der Waals surface area contributed by atoms with Gasteiger partial charge < -0.3 is 8.98 Å². The SMILES string of the molecule is Cc1cc(C)c2nc(N(CCCn3ccnc3)C(=O)c3ccco3)sc2c1. The fourth-order valence-electron chi connectivity index (χ4n) is 3.12. The lowest BCUT2D eigenvalue weighted by atomic mass is 10.1. The molecule has 3 aromatic heterocycles. The molecule has 3 heterocycles. The lowest BCUT2D eigenvalue weighted by molar-refractivity contribution is 0.0959. The molecule has 0 saturated heterocycles. The number of rotatable bonds is 6. The molecule has 4 rings (SSSR count). The topological polar surface area (TPSA) is 64.2 Å². The van der Waals surface area contributed by atoms with Crippen molar-refractivity contribution in [2.45, 2.75) is 26.8 Å². The number of carbonyl (C=O) groups is 1. The van der Waals surface area contributed by atoms with E-state index in [-0.39, 0.29) is 5.91 Å².